The van der Waals surface area contributed by atoms with E-state index < -0.39 is 0 Å². The summed E-state index contributed by atoms with van der Waals surface area (Å²) in [6.07, 6.45) is 0.810. The summed E-state index contributed by atoms with van der Waals surface area (Å²) in [4.78, 5) is 12.7. The molecule has 0 aliphatic carbocycles. The van der Waals surface area contributed by atoms with Gasteiger partial charge in [-0.2, -0.15) is 5.10 Å². The van der Waals surface area contributed by atoms with Gasteiger partial charge in [0.2, 0.25) is 0 Å². The van der Waals surface area contributed by atoms with Crippen molar-refractivity contribution in [2.45, 2.75) is 33.7 Å². The highest BCUT2D eigenvalue weighted by Crippen LogP contribution is 2.13. The maximum atomic E-state index is 4.70. The van der Waals surface area contributed by atoms with Crippen LogP contribution in [0.5, 0.6) is 0 Å². The molecule has 0 fully saturated rings. The van der Waals surface area contributed by atoms with Crippen LogP contribution in [-0.4, -0.2) is 38.8 Å². The Kier molecular flexibility index (Phi) is 5.55. The molecule has 0 aliphatic heterocycles. The lowest BCUT2D eigenvalue weighted by atomic mass is 10.2. The third-order valence-corrected chi connectivity index (χ3v) is 4.49. The Labute approximate surface area is 153 Å². The van der Waals surface area contributed by atoms with Gasteiger partial charge in [-0.05, 0) is 32.9 Å². The van der Waals surface area contributed by atoms with Crippen molar-refractivity contribution < 1.29 is 0 Å². The molecule has 3 rings (SSSR count). The van der Waals surface area contributed by atoms with Crippen LogP contribution in [0.3, 0.4) is 0 Å². The quantitative estimate of drug-likeness (QED) is 0.469. The molecule has 0 saturated carbocycles. The molecule has 0 bridgehead atoms. The Morgan fingerprint density at radius 3 is 2.73 bits per heavy atom. The van der Waals surface area contributed by atoms with Gasteiger partial charge in [-0.15, -0.1) is 0 Å². The van der Waals surface area contributed by atoms with Gasteiger partial charge in [0.15, 0.2) is 5.96 Å². The molecule has 0 saturated heterocycles. The van der Waals surface area contributed by atoms with Gasteiger partial charge in [0.25, 0.3) is 0 Å². The van der Waals surface area contributed by atoms with Gasteiger partial charge >= 0.3 is 0 Å². The second-order valence-electron chi connectivity index (χ2n) is 6.35. The van der Waals surface area contributed by atoms with E-state index in [-0.39, 0.29) is 0 Å². The number of aromatic nitrogens is 4. The summed E-state index contributed by atoms with van der Waals surface area (Å²) in [6, 6.07) is 8.08. The zero-order valence-corrected chi connectivity index (χ0v) is 15.9. The molecular formula is C19H27N7. The van der Waals surface area contributed by atoms with E-state index in [0.29, 0.717) is 6.54 Å². The zero-order chi connectivity index (χ0) is 18.5. The average Bonchev–Trinajstić information content (AvgIpc) is 3.13. The Morgan fingerprint density at radius 2 is 2.04 bits per heavy atom. The smallest absolute Gasteiger partial charge is 0.191 e. The Balaban J connectivity index is 1.60. The number of imidazole rings is 1. The van der Waals surface area contributed by atoms with E-state index in [9.17, 15) is 0 Å². The van der Waals surface area contributed by atoms with Crippen molar-refractivity contribution in [3.8, 4) is 0 Å². The van der Waals surface area contributed by atoms with Gasteiger partial charge in [0.1, 0.15) is 5.82 Å². The number of nitrogens with zero attached hydrogens (tertiary/aromatic N) is 4. The summed E-state index contributed by atoms with van der Waals surface area (Å²) in [6.45, 7) is 8.37. The number of hydrogen-bond acceptors (Lipinski definition) is 3. The molecule has 2 heterocycles. The highest BCUT2D eigenvalue weighted by Gasteiger charge is 2.09. The summed E-state index contributed by atoms with van der Waals surface area (Å²) in [5, 5.41) is 11.1. The Bertz CT molecular complexity index is 871. The van der Waals surface area contributed by atoms with Gasteiger partial charge in [-0.1, -0.05) is 12.1 Å². The standard InChI is InChI=1S/C19H27N7/c1-5-20-19(22-12-15-13(2)25-26(4)14(15)3)21-11-10-18-23-16-8-6-7-9-17(16)24-18/h6-9H,5,10-12H2,1-4H3,(H,23,24)(H2,20,21,22). The van der Waals surface area contributed by atoms with Crippen LogP contribution < -0.4 is 10.6 Å². The first-order chi connectivity index (χ1) is 12.6. The summed E-state index contributed by atoms with van der Waals surface area (Å²) in [5.41, 5.74) is 5.45. The molecule has 0 radical (unpaired) electrons. The van der Waals surface area contributed by atoms with E-state index in [1.807, 2.05) is 42.9 Å². The monoisotopic (exact) mass is 353 g/mol. The van der Waals surface area contributed by atoms with Crippen LogP contribution >= 0.6 is 0 Å². The van der Waals surface area contributed by atoms with E-state index in [1.54, 1.807) is 0 Å². The second-order valence-corrected chi connectivity index (χ2v) is 6.35. The molecule has 7 heteroatoms. The SMILES string of the molecule is CCNC(=NCc1c(C)nn(C)c1C)NCCc1nc2ccccc2[nH]1. The minimum Gasteiger partial charge on any atom is -0.357 e. The van der Waals surface area contributed by atoms with Gasteiger partial charge in [-0.3, -0.25) is 4.68 Å². The number of aromatic amines is 1. The molecule has 7 nitrogen and oxygen atoms in total. The Hall–Kier alpha value is -2.83. The lowest BCUT2D eigenvalue weighted by Crippen LogP contribution is -2.38. The summed E-state index contributed by atoms with van der Waals surface area (Å²) in [7, 11) is 1.96. The van der Waals surface area contributed by atoms with Crippen molar-refractivity contribution in [3.05, 3.63) is 47.0 Å². The molecular weight excluding hydrogens is 326 g/mol. The third kappa shape index (κ3) is 4.04. The zero-order valence-electron chi connectivity index (χ0n) is 15.9. The second kappa shape index (κ2) is 8.03. The van der Waals surface area contributed by atoms with Gasteiger partial charge in [0, 0.05) is 37.8 Å². The number of guanidine groups is 1. The molecule has 26 heavy (non-hydrogen) atoms. The van der Waals surface area contributed by atoms with E-state index in [1.165, 1.54) is 5.56 Å². The maximum Gasteiger partial charge on any atom is 0.191 e. The third-order valence-electron chi connectivity index (χ3n) is 4.49. The van der Waals surface area contributed by atoms with Crippen molar-refractivity contribution >= 4 is 17.0 Å². The number of benzene rings is 1. The van der Waals surface area contributed by atoms with Crippen LogP contribution in [0, 0.1) is 13.8 Å². The summed E-state index contributed by atoms with van der Waals surface area (Å²) in [5.74, 6) is 1.79. The number of aryl methyl sites for hydroxylation is 2. The highest BCUT2D eigenvalue weighted by atomic mass is 15.3. The molecule has 138 valence electrons. The molecule has 3 aromatic rings. The predicted octanol–water partition coefficient (Wildman–Crippen LogP) is 2.21. The fourth-order valence-electron chi connectivity index (χ4n) is 2.97. The van der Waals surface area contributed by atoms with Crippen LogP contribution in [0.25, 0.3) is 11.0 Å². The molecule has 2 aromatic heterocycles. The van der Waals surface area contributed by atoms with Gasteiger partial charge in [0.05, 0.1) is 23.3 Å². The highest BCUT2D eigenvalue weighted by molar-refractivity contribution is 5.79. The van der Waals surface area contributed by atoms with E-state index in [2.05, 4.69) is 39.5 Å². The lowest BCUT2D eigenvalue weighted by molar-refractivity contribution is 0.729. The lowest BCUT2D eigenvalue weighted by Gasteiger charge is -2.10. The first kappa shape index (κ1) is 18.0. The van der Waals surface area contributed by atoms with Crippen LogP contribution in [0.1, 0.15) is 29.7 Å². The first-order valence-corrected chi connectivity index (χ1v) is 9.03. The normalized spacial score (nSPS) is 11.9. The molecule has 0 unspecified atom stereocenters. The molecule has 0 spiro atoms. The van der Waals surface area contributed by atoms with E-state index >= 15 is 0 Å². The average molecular weight is 353 g/mol. The molecule has 3 N–H and O–H groups in total. The van der Waals surface area contributed by atoms with Crippen molar-refractivity contribution in [1.82, 2.24) is 30.4 Å². The number of H-pyrrole nitrogens is 1. The molecule has 0 aliphatic rings. The minimum atomic E-state index is 0.617. The van der Waals surface area contributed by atoms with Gasteiger partial charge < -0.3 is 15.6 Å². The molecule has 1 aromatic carbocycles. The number of fused-ring (bicyclic) bond motifs is 1. The van der Waals surface area contributed by atoms with E-state index in [0.717, 1.165) is 53.7 Å². The maximum absolute atomic E-state index is 4.70. The topological polar surface area (TPSA) is 82.9 Å². The van der Waals surface area contributed by atoms with Crippen molar-refractivity contribution in [2.24, 2.45) is 12.0 Å². The number of nitrogens with one attached hydrogen (secondary N) is 3. The summed E-state index contributed by atoms with van der Waals surface area (Å²) < 4.78 is 1.90. The van der Waals surface area contributed by atoms with Gasteiger partial charge in [-0.25, -0.2) is 9.98 Å². The molecule has 0 atom stereocenters. The number of para-hydroxylation sites is 2. The van der Waals surface area contributed by atoms with Crippen LogP contribution in [-0.2, 0) is 20.0 Å². The first-order valence-electron chi connectivity index (χ1n) is 9.03. The largest absolute Gasteiger partial charge is 0.357 e. The minimum absolute atomic E-state index is 0.617. The number of rotatable bonds is 6. The predicted molar refractivity (Wildman–Crippen MR) is 105 cm³/mol. The van der Waals surface area contributed by atoms with E-state index in [4.69, 9.17) is 4.99 Å². The summed E-state index contributed by atoms with van der Waals surface area (Å²) >= 11 is 0. The van der Waals surface area contributed by atoms with Crippen LogP contribution in [0.2, 0.25) is 0 Å². The number of hydrogen-bond donors (Lipinski definition) is 3. The van der Waals surface area contributed by atoms with Crippen molar-refractivity contribution in [3.63, 3.8) is 0 Å². The number of aliphatic imine (C=N–C) groups is 1. The Morgan fingerprint density at radius 1 is 1.23 bits per heavy atom. The van der Waals surface area contributed by atoms with Crippen molar-refractivity contribution in [1.29, 1.82) is 0 Å². The fourth-order valence-corrected chi connectivity index (χ4v) is 2.97. The molecule has 0 amide bonds. The van der Waals surface area contributed by atoms with Crippen LogP contribution in [0.15, 0.2) is 29.3 Å². The fraction of sp³-hybridized carbons (Fsp3) is 0.421. The van der Waals surface area contributed by atoms with Crippen molar-refractivity contribution in [2.75, 3.05) is 13.1 Å². The van der Waals surface area contributed by atoms with Crippen LogP contribution in [0.4, 0.5) is 0 Å².